The zero-order valence-electron chi connectivity index (χ0n) is 9.70. The van der Waals surface area contributed by atoms with Gasteiger partial charge in [0.05, 0.1) is 6.10 Å². The fourth-order valence-corrected chi connectivity index (χ4v) is 3.50. The zero-order valence-corrected chi connectivity index (χ0v) is 11.3. The highest BCUT2D eigenvalue weighted by atomic mass is 32.2. The Morgan fingerprint density at radius 3 is 2.39 bits per heavy atom. The molecule has 0 aliphatic rings. The average Bonchev–Trinajstić information content (AvgIpc) is 2.83. The first kappa shape index (κ1) is 13.1. The SMILES string of the molecule is CC(O)c1ccc(NS(=O)(=O)c2cccs2)cc1. The van der Waals surface area contributed by atoms with Crippen LogP contribution in [-0.4, -0.2) is 13.5 Å². The van der Waals surface area contributed by atoms with Gasteiger partial charge in [0.1, 0.15) is 4.21 Å². The highest BCUT2D eigenvalue weighted by Gasteiger charge is 2.14. The number of aliphatic hydroxyl groups excluding tert-OH is 1. The molecular weight excluding hydrogens is 270 g/mol. The number of hydrogen-bond acceptors (Lipinski definition) is 4. The molecule has 6 heteroatoms. The maximum atomic E-state index is 11.9. The third kappa shape index (κ3) is 2.90. The monoisotopic (exact) mass is 283 g/mol. The van der Waals surface area contributed by atoms with E-state index in [2.05, 4.69) is 4.72 Å². The Hall–Kier alpha value is -1.37. The van der Waals surface area contributed by atoms with Crippen molar-refractivity contribution in [3.05, 3.63) is 47.3 Å². The summed E-state index contributed by atoms with van der Waals surface area (Å²) in [5.74, 6) is 0. The van der Waals surface area contributed by atoms with Crippen molar-refractivity contribution in [2.45, 2.75) is 17.2 Å². The summed E-state index contributed by atoms with van der Waals surface area (Å²) in [4.78, 5) is 0. The maximum absolute atomic E-state index is 11.9. The van der Waals surface area contributed by atoms with Crippen LogP contribution in [0.25, 0.3) is 0 Å². The van der Waals surface area contributed by atoms with E-state index in [1.807, 2.05) is 0 Å². The van der Waals surface area contributed by atoms with E-state index in [-0.39, 0.29) is 4.21 Å². The zero-order chi connectivity index (χ0) is 13.2. The van der Waals surface area contributed by atoms with Crippen molar-refractivity contribution in [3.8, 4) is 0 Å². The van der Waals surface area contributed by atoms with Crippen LogP contribution in [0.1, 0.15) is 18.6 Å². The van der Waals surface area contributed by atoms with Crippen LogP contribution < -0.4 is 4.72 Å². The molecule has 0 aliphatic heterocycles. The van der Waals surface area contributed by atoms with Gasteiger partial charge < -0.3 is 5.11 Å². The third-order valence-corrected chi connectivity index (χ3v) is 5.18. The van der Waals surface area contributed by atoms with Gasteiger partial charge in [-0.3, -0.25) is 4.72 Å². The Labute approximate surface area is 110 Å². The minimum atomic E-state index is -3.50. The van der Waals surface area contributed by atoms with Gasteiger partial charge in [0.2, 0.25) is 0 Å². The second-order valence-corrected chi connectivity index (χ2v) is 6.69. The van der Waals surface area contributed by atoms with Crippen molar-refractivity contribution in [3.63, 3.8) is 0 Å². The van der Waals surface area contributed by atoms with Crippen LogP contribution in [0.15, 0.2) is 46.0 Å². The summed E-state index contributed by atoms with van der Waals surface area (Å²) in [5.41, 5.74) is 1.22. The summed E-state index contributed by atoms with van der Waals surface area (Å²) in [6.07, 6.45) is -0.562. The number of aliphatic hydroxyl groups is 1. The molecule has 0 bridgehead atoms. The quantitative estimate of drug-likeness (QED) is 0.906. The van der Waals surface area contributed by atoms with Crippen molar-refractivity contribution in [2.24, 2.45) is 0 Å². The van der Waals surface area contributed by atoms with E-state index in [1.54, 1.807) is 48.7 Å². The van der Waals surface area contributed by atoms with Gasteiger partial charge in [-0.05, 0) is 36.1 Å². The van der Waals surface area contributed by atoms with E-state index < -0.39 is 16.1 Å². The van der Waals surface area contributed by atoms with Gasteiger partial charge in [-0.25, -0.2) is 8.42 Å². The van der Waals surface area contributed by atoms with Crippen LogP contribution in [0.4, 0.5) is 5.69 Å². The van der Waals surface area contributed by atoms with E-state index in [9.17, 15) is 13.5 Å². The molecule has 18 heavy (non-hydrogen) atoms. The molecule has 1 unspecified atom stereocenters. The van der Waals surface area contributed by atoms with Crippen molar-refractivity contribution in [1.29, 1.82) is 0 Å². The lowest BCUT2D eigenvalue weighted by molar-refractivity contribution is 0.199. The first-order chi connectivity index (χ1) is 8.49. The molecule has 0 spiro atoms. The summed E-state index contributed by atoms with van der Waals surface area (Å²) < 4.78 is 26.6. The molecule has 1 atom stereocenters. The van der Waals surface area contributed by atoms with Gasteiger partial charge in [0.25, 0.3) is 10.0 Å². The van der Waals surface area contributed by atoms with Crippen LogP contribution in [0.3, 0.4) is 0 Å². The second-order valence-electron chi connectivity index (χ2n) is 3.84. The molecule has 4 nitrogen and oxygen atoms in total. The Morgan fingerprint density at radius 1 is 1.22 bits per heavy atom. The van der Waals surface area contributed by atoms with Crippen LogP contribution >= 0.6 is 11.3 Å². The molecule has 96 valence electrons. The standard InChI is InChI=1S/C12H13NO3S2/c1-9(14)10-4-6-11(7-5-10)13-18(15,16)12-3-2-8-17-12/h2-9,13-14H,1H3. The molecule has 0 fully saturated rings. The normalized spacial score (nSPS) is 13.2. The van der Waals surface area contributed by atoms with Gasteiger partial charge in [-0.2, -0.15) is 0 Å². The number of benzene rings is 1. The van der Waals surface area contributed by atoms with Crippen LogP contribution in [0, 0.1) is 0 Å². The van der Waals surface area contributed by atoms with Crippen LogP contribution in [-0.2, 0) is 10.0 Å². The van der Waals surface area contributed by atoms with Crippen LogP contribution in [0.5, 0.6) is 0 Å². The minimum absolute atomic E-state index is 0.280. The molecule has 1 aromatic carbocycles. The number of anilines is 1. The second kappa shape index (κ2) is 5.09. The topological polar surface area (TPSA) is 66.4 Å². The van der Waals surface area contributed by atoms with Crippen molar-refractivity contribution < 1.29 is 13.5 Å². The predicted octanol–water partition coefficient (Wildman–Crippen LogP) is 2.60. The fraction of sp³-hybridized carbons (Fsp3) is 0.167. The van der Waals surface area contributed by atoms with E-state index in [0.717, 1.165) is 5.56 Å². The molecule has 0 radical (unpaired) electrons. The molecular formula is C12H13NO3S2. The van der Waals surface area contributed by atoms with Crippen molar-refractivity contribution in [2.75, 3.05) is 4.72 Å². The summed E-state index contributed by atoms with van der Waals surface area (Å²) in [5, 5.41) is 11.1. The summed E-state index contributed by atoms with van der Waals surface area (Å²) in [7, 11) is -3.50. The lowest BCUT2D eigenvalue weighted by Gasteiger charge is -2.08. The first-order valence-electron chi connectivity index (χ1n) is 5.33. The number of rotatable bonds is 4. The molecule has 1 heterocycles. The molecule has 0 aliphatic carbocycles. The maximum Gasteiger partial charge on any atom is 0.271 e. The van der Waals surface area contributed by atoms with Gasteiger partial charge in [0, 0.05) is 5.69 Å². The molecule has 0 saturated carbocycles. The van der Waals surface area contributed by atoms with Gasteiger partial charge >= 0.3 is 0 Å². The summed E-state index contributed by atoms with van der Waals surface area (Å²) in [6, 6.07) is 9.89. The first-order valence-corrected chi connectivity index (χ1v) is 7.70. The number of hydrogen-bond donors (Lipinski definition) is 2. The highest BCUT2D eigenvalue weighted by molar-refractivity contribution is 7.94. The molecule has 0 amide bonds. The number of sulfonamides is 1. The van der Waals surface area contributed by atoms with Crippen molar-refractivity contribution in [1.82, 2.24) is 0 Å². The smallest absolute Gasteiger partial charge is 0.271 e. The Balaban J connectivity index is 2.20. The average molecular weight is 283 g/mol. The van der Waals surface area contributed by atoms with Gasteiger partial charge in [-0.15, -0.1) is 11.3 Å². The van der Waals surface area contributed by atoms with Crippen molar-refractivity contribution >= 4 is 27.0 Å². The van der Waals surface area contributed by atoms with Crippen LogP contribution in [0.2, 0.25) is 0 Å². The summed E-state index contributed by atoms with van der Waals surface area (Å²) >= 11 is 1.17. The van der Waals surface area contributed by atoms with Gasteiger partial charge in [0.15, 0.2) is 0 Å². The van der Waals surface area contributed by atoms with E-state index >= 15 is 0 Å². The van der Waals surface area contributed by atoms with Gasteiger partial charge in [-0.1, -0.05) is 18.2 Å². The summed E-state index contributed by atoms with van der Waals surface area (Å²) in [6.45, 7) is 1.66. The molecule has 2 N–H and O–H groups in total. The number of nitrogens with one attached hydrogen (secondary N) is 1. The Bertz CT molecular complexity index is 601. The van der Waals surface area contributed by atoms with E-state index in [1.165, 1.54) is 11.3 Å². The minimum Gasteiger partial charge on any atom is -0.389 e. The Morgan fingerprint density at radius 2 is 1.89 bits per heavy atom. The molecule has 2 rings (SSSR count). The molecule has 0 saturated heterocycles. The lowest BCUT2D eigenvalue weighted by Crippen LogP contribution is -2.11. The Kier molecular flexibility index (Phi) is 3.70. The lowest BCUT2D eigenvalue weighted by atomic mass is 10.1. The molecule has 2 aromatic rings. The largest absolute Gasteiger partial charge is 0.389 e. The fourth-order valence-electron chi connectivity index (χ4n) is 1.45. The highest BCUT2D eigenvalue weighted by Crippen LogP contribution is 2.21. The van der Waals surface area contributed by atoms with E-state index in [0.29, 0.717) is 5.69 Å². The predicted molar refractivity (Wildman–Crippen MR) is 72.2 cm³/mol. The molecule has 1 aromatic heterocycles. The van der Waals surface area contributed by atoms with E-state index in [4.69, 9.17) is 0 Å². The number of thiophene rings is 1. The third-order valence-electron chi connectivity index (χ3n) is 2.41.